The minimum atomic E-state index is -2.79. The van der Waals surface area contributed by atoms with E-state index in [9.17, 15) is 13.2 Å². The lowest BCUT2D eigenvalue weighted by molar-refractivity contribution is 0.145. The summed E-state index contributed by atoms with van der Waals surface area (Å²) in [5.74, 6) is -0.503. The zero-order chi connectivity index (χ0) is 12.4. The van der Waals surface area contributed by atoms with Gasteiger partial charge >= 0.3 is 0 Å². The van der Waals surface area contributed by atoms with Gasteiger partial charge in [0, 0.05) is 0 Å². The van der Waals surface area contributed by atoms with Gasteiger partial charge < -0.3 is 0 Å². The molecule has 3 nitrogen and oxygen atoms in total. The molecule has 0 fully saturated rings. The van der Waals surface area contributed by atoms with Gasteiger partial charge in [0.1, 0.15) is 17.2 Å². The van der Waals surface area contributed by atoms with Crippen LogP contribution in [-0.2, 0) is 0 Å². The molecule has 2 heterocycles. The Morgan fingerprint density at radius 2 is 1.82 bits per heavy atom. The number of alkyl halides is 2. The first-order chi connectivity index (χ1) is 8.08. The fraction of sp³-hybridized carbons (Fsp3) is 0.100. The van der Waals surface area contributed by atoms with Gasteiger partial charge in [-0.05, 0) is 12.1 Å². The molecule has 0 aliphatic heterocycles. The lowest BCUT2D eigenvalue weighted by atomic mass is 10.3. The highest BCUT2D eigenvalue weighted by atomic mass is 35.5. The zero-order valence-corrected chi connectivity index (χ0v) is 9.00. The van der Waals surface area contributed by atoms with E-state index in [2.05, 4.69) is 15.0 Å². The maximum atomic E-state index is 12.6. The Kier molecular flexibility index (Phi) is 3.23. The lowest BCUT2D eigenvalue weighted by Gasteiger charge is -2.03. The topological polar surface area (TPSA) is 38.7 Å². The minimum absolute atomic E-state index is 0.208. The maximum Gasteiger partial charge on any atom is 0.283 e. The number of nitrogens with zero attached hydrogens (tertiary/aromatic N) is 3. The van der Waals surface area contributed by atoms with E-state index in [0.29, 0.717) is 5.69 Å². The van der Waals surface area contributed by atoms with Crippen molar-refractivity contribution in [1.82, 2.24) is 15.0 Å². The second-order valence-electron chi connectivity index (χ2n) is 3.09. The molecule has 2 aromatic rings. The van der Waals surface area contributed by atoms with Crippen LogP contribution in [0.2, 0.25) is 5.15 Å². The fourth-order valence-electron chi connectivity index (χ4n) is 1.17. The van der Waals surface area contributed by atoms with Gasteiger partial charge in [-0.15, -0.1) is 0 Å². The van der Waals surface area contributed by atoms with Crippen molar-refractivity contribution in [3.05, 3.63) is 41.2 Å². The molecule has 0 atom stereocenters. The molecule has 0 saturated heterocycles. The van der Waals surface area contributed by atoms with Gasteiger partial charge in [0.2, 0.25) is 0 Å². The van der Waals surface area contributed by atoms with Crippen molar-refractivity contribution in [3.63, 3.8) is 0 Å². The first kappa shape index (κ1) is 11.8. The molecule has 17 heavy (non-hydrogen) atoms. The molecule has 0 saturated carbocycles. The highest BCUT2D eigenvalue weighted by Gasteiger charge is 2.16. The van der Waals surface area contributed by atoms with Crippen LogP contribution in [0.15, 0.2) is 24.5 Å². The lowest BCUT2D eigenvalue weighted by Crippen LogP contribution is -1.97. The molecule has 0 spiro atoms. The van der Waals surface area contributed by atoms with E-state index in [-0.39, 0.29) is 10.8 Å². The van der Waals surface area contributed by atoms with Crippen molar-refractivity contribution in [2.24, 2.45) is 0 Å². The van der Waals surface area contributed by atoms with E-state index in [1.807, 2.05) is 0 Å². The fourth-order valence-corrected chi connectivity index (χ4v) is 1.40. The molecule has 0 amide bonds. The Balaban J connectivity index is 2.41. The van der Waals surface area contributed by atoms with Crippen molar-refractivity contribution in [2.75, 3.05) is 0 Å². The normalized spacial score (nSPS) is 10.9. The van der Waals surface area contributed by atoms with E-state index in [4.69, 9.17) is 11.6 Å². The number of hydrogen-bond acceptors (Lipinski definition) is 3. The molecule has 0 aliphatic carbocycles. The van der Waals surface area contributed by atoms with Gasteiger partial charge in [0.05, 0.1) is 18.1 Å². The van der Waals surface area contributed by atoms with Crippen molar-refractivity contribution < 1.29 is 13.2 Å². The van der Waals surface area contributed by atoms with Crippen LogP contribution in [0.3, 0.4) is 0 Å². The number of aromatic nitrogens is 3. The second-order valence-corrected chi connectivity index (χ2v) is 3.45. The number of rotatable bonds is 2. The third-order valence-electron chi connectivity index (χ3n) is 1.95. The van der Waals surface area contributed by atoms with Crippen LogP contribution in [0.25, 0.3) is 11.4 Å². The second kappa shape index (κ2) is 4.67. The monoisotopic (exact) mass is 259 g/mol. The Morgan fingerprint density at radius 3 is 2.35 bits per heavy atom. The molecule has 0 N–H and O–H groups in total. The molecule has 0 radical (unpaired) electrons. The third-order valence-corrected chi connectivity index (χ3v) is 2.23. The summed E-state index contributed by atoms with van der Waals surface area (Å²) >= 11 is 5.55. The van der Waals surface area contributed by atoms with E-state index in [0.717, 1.165) is 12.4 Å². The van der Waals surface area contributed by atoms with Gasteiger partial charge in [-0.25, -0.2) is 23.1 Å². The smallest absolute Gasteiger partial charge is 0.252 e. The van der Waals surface area contributed by atoms with Crippen molar-refractivity contribution in [3.8, 4) is 11.4 Å². The standard InChI is InChI=1S/C10H5ClF3N3/c11-9-8(10(13)14)16-4-7(17-9)6-2-1-5(12)3-15-6/h1-4,10H. The van der Waals surface area contributed by atoms with Gasteiger partial charge in [0.25, 0.3) is 6.43 Å². The van der Waals surface area contributed by atoms with Crippen LogP contribution in [0.1, 0.15) is 12.1 Å². The first-order valence-corrected chi connectivity index (χ1v) is 4.88. The predicted octanol–water partition coefficient (Wildman–Crippen LogP) is 3.27. The van der Waals surface area contributed by atoms with Crippen LogP contribution in [-0.4, -0.2) is 15.0 Å². The number of pyridine rings is 1. The summed E-state index contributed by atoms with van der Waals surface area (Å²) in [6, 6.07) is 2.54. The summed E-state index contributed by atoms with van der Waals surface area (Å²) in [5.41, 5.74) is -0.0708. The molecule has 88 valence electrons. The number of hydrogen-bond donors (Lipinski definition) is 0. The maximum absolute atomic E-state index is 12.6. The molecule has 0 aromatic carbocycles. The summed E-state index contributed by atoms with van der Waals surface area (Å²) < 4.78 is 37.4. The molecule has 0 aliphatic rings. The Morgan fingerprint density at radius 1 is 1.06 bits per heavy atom. The Bertz CT molecular complexity index is 531. The summed E-state index contributed by atoms with van der Waals surface area (Å²) in [7, 11) is 0. The third kappa shape index (κ3) is 2.52. The summed E-state index contributed by atoms with van der Waals surface area (Å²) in [4.78, 5) is 11.0. The minimum Gasteiger partial charge on any atom is -0.252 e. The molecular formula is C10H5ClF3N3. The summed E-state index contributed by atoms with van der Waals surface area (Å²) in [5, 5.41) is -0.386. The first-order valence-electron chi connectivity index (χ1n) is 4.50. The highest BCUT2D eigenvalue weighted by Crippen LogP contribution is 2.25. The van der Waals surface area contributed by atoms with Crippen LogP contribution in [0.5, 0.6) is 0 Å². The van der Waals surface area contributed by atoms with E-state index < -0.39 is 17.9 Å². The molecule has 2 aromatic heterocycles. The Labute approximate surface area is 99.3 Å². The summed E-state index contributed by atoms with van der Waals surface area (Å²) in [6.07, 6.45) is -0.676. The average molecular weight is 260 g/mol. The van der Waals surface area contributed by atoms with Crippen molar-refractivity contribution >= 4 is 11.6 Å². The van der Waals surface area contributed by atoms with Crippen LogP contribution < -0.4 is 0 Å². The van der Waals surface area contributed by atoms with Gasteiger partial charge in [-0.2, -0.15) is 0 Å². The van der Waals surface area contributed by atoms with E-state index >= 15 is 0 Å². The number of halogens is 4. The van der Waals surface area contributed by atoms with Crippen molar-refractivity contribution in [1.29, 1.82) is 0 Å². The molecular weight excluding hydrogens is 255 g/mol. The van der Waals surface area contributed by atoms with Gasteiger partial charge in [-0.3, -0.25) is 4.98 Å². The molecule has 0 bridgehead atoms. The zero-order valence-electron chi connectivity index (χ0n) is 8.24. The average Bonchev–Trinajstić information content (AvgIpc) is 2.29. The quantitative estimate of drug-likeness (QED) is 0.831. The molecule has 7 heteroatoms. The van der Waals surface area contributed by atoms with Crippen LogP contribution in [0, 0.1) is 5.82 Å². The van der Waals surface area contributed by atoms with Crippen LogP contribution in [0.4, 0.5) is 13.2 Å². The largest absolute Gasteiger partial charge is 0.283 e. The highest BCUT2D eigenvalue weighted by molar-refractivity contribution is 6.30. The van der Waals surface area contributed by atoms with Crippen molar-refractivity contribution in [2.45, 2.75) is 6.43 Å². The van der Waals surface area contributed by atoms with Crippen LogP contribution >= 0.6 is 11.6 Å². The Hall–Kier alpha value is -1.69. The molecule has 2 rings (SSSR count). The molecule has 0 unspecified atom stereocenters. The van der Waals surface area contributed by atoms with E-state index in [1.165, 1.54) is 12.1 Å². The van der Waals surface area contributed by atoms with E-state index in [1.54, 1.807) is 0 Å². The SMILES string of the molecule is Fc1ccc(-c2cnc(C(F)F)c(Cl)n2)nc1. The predicted molar refractivity (Wildman–Crippen MR) is 55.2 cm³/mol. The van der Waals surface area contributed by atoms with Gasteiger partial charge in [-0.1, -0.05) is 11.6 Å². The van der Waals surface area contributed by atoms with Gasteiger partial charge in [0.15, 0.2) is 5.15 Å². The summed E-state index contributed by atoms with van der Waals surface area (Å²) in [6.45, 7) is 0.